The van der Waals surface area contributed by atoms with Crippen molar-refractivity contribution in [2.75, 3.05) is 10.1 Å². The molecule has 0 spiro atoms. The first kappa shape index (κ1) is 23.5. The van der Waals surface area contributed by atoms with Crippen molar-refractivity contribution in [3.8, 4) is 0 Å². The molecule has 0 unspecified atom stereocenters. The highest BCUT2D eigenvalue weighted by Gasteiger charge is 2.22. The van der Waals surface area contributed by atoms with Gasteiger partial charge in [-0.3, -0.25) is 20.3 Å². The number of aryl methyl sites for hydroxylation is 2. The topological polar surface area (TPSA) is 114 Å². The maximum absolute atomic E-state index is 12.8. The lowest BCUT2D eigenvalue weighted by atomic mass is 10.1. The molecule has 0 aliphatic carbocycles. The van der Waals surface area contributed by atoms with Gasteiger partial charge in [0.1, 0.15) is 5.69 Å². The molecule has 8 nitrogen and oxygen atoms in total. The minimum Gasteiger partial charge on any atom is -0.279 e. The van der Waals surface area contributed by atoms with E-state index >= 15 is 0 Å². The molecule has 3 aromatic rings. The first-order valence-corrected chi connectivity index (χ1v) is 11.4. The van der Waals surface area contributed by atoms with E-state index in [0.717, 1.165) is 17.2 Å². The Kier molecular flexibility index (Phi) is 7.02. The minimum atomic E-state index is -4.05. The van der Waals surface area contributed by atoms with E-state index in [1.54, 1.807) is 31.2 Å². The summed E-state index contributed by atoms with van der Waals surface area (Å²) in [7, 11) is -4.05. The van der Waals surface area contributed by atoms with Crippen LogP contribution in [0.5, 0.6) is 0 Å². The Morgan fingerprint density at radius 3 is 2.38 bits per heavy atom. The zero-order valence-electron chi connectivity index (χ0n) is 17.0. The van der Waals surface area contributed by atoms with Gasteiger partial charge in [0.2, 0.25) is 0 Å². The van der Waals surface area contributed by atoms with Gasteiger partial charge in [-0.25, -0.2) is 8.42 Å². The van der Waals surface area contributed by atoms with Gasteiger partial charge in [0, 0.05) is 16.7 Å². The standard InChI is InChI=1S/C21H18Cl2N4O4S/c1-13-3-7-19(14(2)9-13)26-32(30,31)17-6-8-20(21(11-17)27(28)29)25-24-12-15-4-5-16(22)10-18(15)23/h3-12,25-26H,1-2H3/b24-12+. The molecule has 0 amide bonds. The summed E-state index contributed by atoms with van der Waals surface area (Å²) in [6.07, 6.45) is 1.37. The maximum Gasteiger partial charge on any atom is 0.295 e. The van der Waals surface area contributed by atoms with Crippen molar-refractivity contribution in [3.63, 3.8) is 0 Å². The van der Waals surface area contributed by atoms with Crippen LogP contribution in [-0.2, 0) is 10.0 Å². The predicted molar refractivity (Wildman–Crippen MR) is 127 cm³/mol. The second-order valence-corrected chi connectivity index (χ2v) is 9.42. The highest BCUT2D eigenvalue weighted by molar-refractivity contribution is 7.92. The molecule has 0 heterocycles. The number of halogens is 2. The van der Waals surface area contributed by atoms with Crippen molar-refractivity contribution in [2.45, 2.75) is 18.7 Å². The highest BCUT2D eigenvalue weighted by Crippen LogP contribution is 2.29. The lowest BCUT2D eigenvalue weighted by molar-refractivity contribution is -0.384. The average molecular weight is 493 g/mol. The first-order chi connectivity index (χ1) is 15.1. The smallest absolute Gasteiger partial charge is 0.279 e. The van der Waals surface area contributed by atoms with Gasteiger partial charge in [-0.15, -0.1) is 0 Å². The van der Waals surface area contributed by atoms with Gasteiger partial charge in [0.25, 0.3) is 15.7 Å². The van der Waals surface area contributed by atoms with E-state index in [4.69, 9.17) is 23.2 Å². The molecule has 32 heavy (non-hydrogen) atoms. The van der Waals surface area contributed by atoms with E-state index in [1.807, 2.05) is 13.0 Å². The number of nitro benzene ring substituents is 1. The van der Waals surface area contributed by atoms with Gasteiger partial charge in [-0.1, -0.05) is 47.0 Å². The Hall–Kier alpha value is -3.14. The van der Waals surface area contributed by atoms with Crippen molar-refractivity contribution >= 4 is 56.5 Å². The second kappa shape index (κ2) is 9.56. The van der Waals surface area contributed by atoms with Gasteiger partial charge in [-0.2, -0.15) is 5.10 Å². The molecule has 2 N–H and O–H groups in total. The number of hydrazone groups is 1. The van der Waals surface area contributed by atoms with Crippen LogP contribution in [0.15, 0.2) is 64.6 Å². The molecule has 0 bridgehead atoms. The Morgan fingerprint density at radius 1 is 1.00 bits per heavy atom. The highest BCUT2D eigenvalue weighted by atomic mass is 35.5. The van der Waals surface area contributed by atoms with E-state index in [0.29, 0.717) is 21.3 Å². The van der Waals surface area contributed by atoms with Crippen LogP contribution in [0.4, 0.5) is 17.1 Å². The first-order valence-electron chi connectivity index (χ1n) is 9.19. The van der Waals surface area contributed by atoms with Crippen molar-refractivity contribution in [3.05, 3.63) is 91.4 Å². The van der Waals surface area contributed by atoms with Gasteiger partial charge >= 0.3 is 0 Å². The Morgan fingerprint density at radius 2 is 1.72 bits per heavy atom. The van der Waals surface area contributed by atoms with Gasteiger partial charge < -0.3 is 0 Å². The average Bonchev–Trinajstić information content (AvgIpc) is 2.71. The van der Waals surface area contributed by atoms with Gasteiger partial charge in [0.15, 0.2) is 0 Å². The number of nitrogens with one attached hydrogen (secondary N) is 2. The number of sulfonamides is 1. The number of nitro groups is 1. The molecular formula is C21H18Cl2N4O4S. The van der Waals surface area contributed by atoms with E-state index in [9.17, 15) is 18.5 Å². The summed E-state index contributed by atoms with van der Waals surface area (Å²) in [5.41, 5.74) is 4.77. The minimum absolute atomic E-state index is 0.0156. The van der Waals surface area contributed by atoms with Crippen molar-refractivity contribution < 1.29 is 13.3 Å². The van der Waals surface area contributed by atoms with Crippen LogP contribution in [-0.4, -0.2) is 19.6 Å². The van der Waals surface area contributed by atoms with Crippen LogP contribution in [0.25, 0.3) is 0 Å². The molecule has 0 fully saturated rings. The summed E-state index contributed by atoms with van der Waals surface area (Å²) in [6.45, 7) is 3.66. The molecule has 0 saturated carbocycles. The zero-order valence-corrected chi connectivity index (χ0v) is 19.3. The van der Waals surface area contributed by atoms with Crippen molar-refractivity contribution in [1.29, 1.82) is 0 Å². The zero-order chi connectivity index (χ0) is 23.5. The summed E-state index contributed by atoms with van der Waals surface area (Å²) < 4.78 is 28.0. The van der Waals surface area contributed by atoms with Crippen LogP contribution in [0, 0.1) is 24.0 Å². The number of anilines is 2. The lowest BCUT2D eigenvalue weighted by Crippen LogP contribution is -2.14. The summed E-state index contributed by atoms with van der Waals surface area (Å²) in [6, 6.07) is 13.5. The van der Waals surface area contributed by atoms with E-state index < -0.39 is 20.6 Å². The molecule has 3 aromatic carbocycles. The number of hydrogen-bond acceptors (Lipinski definition) is 6. The molecule has 166 valence electrons. The van der Waals surface area contributed by atoms with Crippen LogP contribution in [0.1, 0.15) is 16.7 Å². The van der Waals surface area contributed by atoms with Crippen molar-refractivity contribution in [2.24, 2.45) is 5.10 Å². The van der Waals surface area contributed by atoms with Crippen molar-refractivity contribution in [1.82, 2.24) is 0 Å². The molecule has 0 atom stereocenters. The second-order valence-electron chi connectivity index (χ2n) is 6.90. The third-order valence-electron chi connectivity index (χ3n) is 4.45. The number of benzene rings is 3. The normalized spacial score (nSPS) is 11.5. The molecule has 0 aromatic heterocycles. The molecule has 0 radical (unpaired) electrons. The van der Waals surface area contributed by atoms with Gasteiger partial charge in [-0.05, 0) is 49.7 Å². The summed E-state index contributed by atoms with van der Waals surface area (Å²) in [5, 5.41) is 16.3. The maximum atomic E-state index is 12.8. The van der Waals surface area contributed by atoms with Crippen LogP contribution in [0.3, 0.4) is 0 Å². The van der Waals surface area contributed by atoms with E-state index in [2.05, 4.69) is 15.2 Å². The van der Waals surface area contributed by atoms with E-state index in [-0.39, 0.29) is 10.6 Å². The summed E-state index contributed by atoms with van der Waals surface area (Å²) in [5.74, 6) is 0. The predicted octanol–water partition coefficient (Wildman–Crippen LogP) is 5.77. The van der Waals surface area contributed by atoms with E-state index in [1.165, 1.54) is 24.4 Å². The molecular weight excluding hydrogens is 475 g/mol. The monoisotopic (exact) mass is 492 g/mol. The SMILES string of the molecule is Cc1ccc(NS(=O)(=O)c2ccc(N/N=C/c3ccc(Cl)cc3Cl)c([N+](=O)[O-])c2)c(C)c1. The molecule has 0 aliphatic rings. The Bertz CT molecular complexity index is 1330. The lowest BCUT2D eigenvalue weighted by Gasteiger charge is -2.12. The third-order valence-corrected chi connectivity index (χ3v) is 6.38. The number of nitrogens with zero attached hydrogens (tertiary/aromatic N) is 2. The fourth-order valence-electron chi connectivity index (χ4n) is 2.83. The third kappa shape index (κ3) is 5.56. The molecule has 3 rings (SSSR count). The molecule has 11 heteroatoms. The number of hydrogen-bond donors (Lipinski definition) is 2. The van der Waals surface area contributed by atoms with Crippen LogP contribution < -0.4 is 10.1 Å². The van der Waals surface area contributed by atoms with Gasteiger partial charge in [0.05, 0.1) is 26.7 Å². The fraction of sp³-hybridized carbons (Fsp3) is 0.0952. The Labute approximate surface area is 195 Å². The fourth-order valence-corrected chi connectivity index (χ4v) is 4.44. The summed E-state index contributed by atoms with van der Waals surface area (Å²) in [4.78, 5) is 10.6. The largest absolute Gasteiger partial charge is 0.295 e. The number of rotatable bonds is 7. The van der Waals surface area contributed by atoms with Crippen LogP contribution >= 0.6 is 23.2 Å². The Balaban J connectivity index is 1.86. The summed E-state index contributed by atoms with van der Waals surface area (Å²) >= 11 is 11.9. The van der Waals surface area contributed by atoms with Crippen LogP contribution in [0.2, 0.25) is 10.0 Å². The molecule has 0 aliphatic heterocycles. The molecule has 0 saturated heterocycles. The quantitative estimate of drug-likeness (QED) is 0.247.